The van der Waals surface area contributed by atoms with Crippen LogP contribution in [0.3, 0.4) is 0 Å². The molecule has 0 atom stereocenters. The minimum atomic E-state index is 0.528. The van der Waals surface area contributed by atoms with Gasteiger partial charge in [-0.15, -0.1) is 0 Å². The van der Waals surface area contributed by atoms with E-state index >= 15 is 0 Å². The standard InChI is InChI=1S/C15H18N6OS/c1-2-20-9-12(6-17-20)10-21-11-13(7-18-21)19-15(23)16-8-14-4-3-5-22-14/h3-7,9,11H,2,8,10H2,1H3,(H2,16,19,23). The largest absolute Gasteiger partial charge is 0.467 e. The minimum Gasteiger partial charge on any atom is -0.467 e. The lowest BCUT2D eigenvalue weighted by Crippen LogP contribution is -2.27. The van der Waals surface area contributed by atoms with Gasteiger partial charge in [0.1, 0.15) is 5.76 Å². The minimum absolute atomic E-state index is 0.528. The lowest BCUT2D eigenvalue weighted by Gasteiger charge is -2.07. The summed E-state index contributed by atoms with van der Waals surface area (Å²) >= 11 is 5.25. The van der Waals surface area contributed by atoms with Crippen LogP contribution in [0.5, 0.6) is 0 Å². The van der Waals surface area contributed by atoms with Crippen LogP contribution in [0.1, 0.15) is 18.2 Å². The molecule has 0 spiro atoms. The van der Waals surface area contributed by atoms with Gasteiger partial charge in [-0.05, 0) is 31.3 Å². The Balaban J connectivity index is 1.51. The van der Waals surface area contributed by atoms with Gasteiger partial charge in [-0.1, -0.05) is 0 Å². The van der Waals surface area contributed by atoms with Crippen molar-refractivity contribution in [3.8, 4) is 0 Å². The summed E-state index contributed by atoms with van der Waals surface area (Å²) in [6, 6.07) is 3.74. The van der Waals surface area contributed by atoms with Crippen molar-refractivity contribution in [1.29, 1.82) is 0 Å². The van der Waals surface area contributed by atoms with Gasteiger partial charge in [-0.3, -0.25) is 9.36 Å². The summed E-state index contributed by atoms with van der Waals surface area (Å²) in [5, 5.41) is 15.3. The van der Waals surface area contributed by atoms with Crippen LogP contribution in [0.15, 0.2) is 47.6 Å². The molecule has 3 aromatic heterocycles. The van der Waals surface area contributed by atoms with Crippen molar-refractivity contribution in [3.05, 3.63) is 54.5 Å². The summed E-state index contributed by atoms with van der Waals surface area (Å²) in [5.74, 6) is 0.831. The highest BCUT2D eigenvalue weighted by molar-refractivity contribution is 7.80. The van der Waals surface area contributed by atoms with Crippen molar-refractivity contribution in [1.82, 2.24) is 24.9 Å². The van der Waals surface area contributed by atoms with E-state index in [0.717, 1.165) is 23.6 Å². The fourth-order valence-corrected chi connectivity index (χ4v) is 2.31. The zero-order valence-electron chi connectivity index (χ0n) is 12.8. The van der Waals surface area contributed by atoms with E-state index < -0.39 is 0 Å². The molecule has 8 heteroatoms. The molecule has 2 N–H and O–H groups in total. The van der Waals surface area contributed by atoms with Crippen LogP contribution in [-0.4, -0.2) is 24.7 Å². The van der Waals surface area contributed by atoms with Gasteiger partial charge in [0, 0.05) is 24.5 Å². The molecule has 0 fully saturated rings. The predicted octanol–water partition coefficient (Wildman–Crippen LogP) is 2.23. The number of rotatable bonds is 6. The molecule has 0 saturated heterocycles. The molecule has 0 aliphatic rings. The third-order valence-corrected chi connectivity index (χ3v) is 3.50. The summed E-state index contributed by atoms with van der Waals surface area (Å²) in [7, 11) is 0. The van der Waals surface area contributed by atoms with Crippen LogP contribution in [0.2, 0.25) is 0 Å². The van der Waals surface area contributed by atoms with Gasteiger partial charge in [0.15, 0.2) is 5.11 Å². The zero-order valence-corrected chi connectivity index (χ0v) is 13.6. The van der Waals surface area contributed by atoms with Crippen molar-refractivity contribution in [2.24, 2.45) is 0 Å². The molecule has 3 heterocycles. The maximum atomic E-state index is 5.25. The fourth-order valence-electron chi connectivity index (χ4n) is 2.12. The summed E-state index contributed by atoms with van der Waals surface area (Å²) in [6.07, 6.45) is 9.16. The van der Waals surface area contributed by atoms with E-state index in [4.69, 9.17) is 16.6 Å². The molecule has 0 bridgehead atoms. The molecule has 0 unspecified atom stereocenters. The first kappa shape index (κ1) is 15.3. The molecule has 7 nitrogen and oxygen atoms in total. The molecule has 0 saturated carbocycles. The van der Waals surface area contributed by atoms with Crippen molar-refractivity contribution < 1.29 is 4.42 Å². The van der Waals surface area contributed by atoms with E-state index in [0.29, 0.717) is 18.2 Å². The Morgan fingerprint density at radius 3 is 2.87 bits per heavy atom. The predicted molar refractivity (Wildman–Crippen MR) is 91.0 cm³/mol. The molecule has 0 amide bonds. The van der Waals surface area contributed by atoms with Gasteiger partial charge in [0.2, 0.25) is 0 Å². The van der Waals surface area contributed by atoms with Crippen LogP contribution in [0.25, 0.3) is 0 Å². The zero-order chi connectivity index (χ0) is 16.1. The van der Waals surface area contributed by atoms with E-state index in [9.17, 15) is 0 Å². The van der Waals surface area contributed by atoms with Gasteiger partial charge < -0.3 is 15.1 Å². The number of furan rings is 1. The van der Waals surface area contributed by atoms with Crippen LogP contribution >= 0.6 is 12.2 Å². The van der Waals surface area contributed by atoms with Crippen LogP contribution < -0.4 is 10.6 Å². The monoisotopic (exact) mass is 330 g/mol. The normalized spacial score (nSPS) is 10.7. The molecule has 0 aromatic carbocycles. The van der Waals surface area contributed by atoms with Crippen LogP contribution in [-0.2, 0) is 19.6 Å². The van der Waals surface area contributed by atoms with Gasteiger partial charge in [-0.25, -0.2) is 0 Å². The number of hydrogen-bond acceptors (Lipinski definition) is 4. The van der Waals surface area contributed by atoms with Gasteiger partial charge in [0.05, 0.1) is 37.4 Å². The number of nitrogens with one attached hydrogen (secondary N) is 2. The third kappa shape index (κ3) is 4.19. The van der Waals surface area contributed by atoms with E-state index in [1.807, 2.05) is 40.1 Å². The second-order valence-corrected chi connectivity index (χ2v) is 5.43. The number of aromatic nitrogens is 4. The second kappa shape index (κ2) is 7.10. The molecule has 0 aliphatic carbocycles. The lowest BCUT2D eigenvalue weighted by atomic mass is 10.4. The number of anilines is 1. The average Bonchev–Trinajstić information content (AvgIpc) is 3.27. The smallest absolute Gasteiger partial charge is 0.171 e. The SMILES string of the molecule is CCn1cc(Cn2cc(NC(=S)NCc3ccco3)cn2)cn1. The summed E-state index contributed by atoms with van der Waals surface area (Å²) in [5.41, 5.74) is 1.95. The van der Waals surface area contributed by atoms with Gasteiger partial charge in [0.25, 0.3) is 0 Å². The van der Waals surface area contributed by atoms with Gasteiger partial charge in [-0.2, -0.15) is 10.2 Å². The Morgan fingerprint density at radius 1 is 1.26 bits per heavy atom. The molecule has 120 valence electrons. The third-order valence-electron chi connectivity index (χ3n) is 3.25. The van der Waals surface area contributed by atoms with Crippen molar-refractivity contribution in [3.63, 3.8) is 0 Å². The Kier molecular flexibility index (Phi) is 4.72. The molecular weight excluding hydrogens is 312 g/mol. The second-order valence-electron chi connectivity index (χ2n) is 5.02. The van der Waals surface area contributed by atoms with Crippen molar-refractivity contribution in [2.75, 3.05) is 5.32 Å². The van der Waals surface area contributed by atoms with E-state index in [2.05, 4.69) is 27.8 Å². The van der Waals surface area contributed by atoms with Crippen molar-refractivity contribution in [2.45, 2.75) is 26.6 Å². The number of thiocarbonyl (C=S) groups is 1. The Bertz CT molecular complexity index is 761. The number of hydrogen-bond donors (Lipinski definition) is 2. The summed E-state index contributed by atoms with van der Waals surface area (Å²) in [6.45, 7) is 4.14. The highest BCUT2D eigenvalue weighted by atomic mass is 32.1. The Labute approximate surface area is 139 Å². The molecule has 0 radical (unpaired) electrons. The highest BCUT2D eigenvalue weighted by Gasteiger charge is 2.04. The molecule has 0 aliphatic heterocycles. The maximum Gasteiger partial charge on any atom is 0.171 e. The lowest BCUT2D eigenvalue weighted by molar-refractivity contribution is 0.503. The Morgan fingerprint density at radius 2 is 2.13 bits per heavy atom. The number of aryl methyl sites for hydroxylation is 1. The summed E-state index contributed by atoms with van der Waals surface area (Å²) in [4.78, 5) is 0. The Hall–Kier alpha value is -2.61. The molecular formula is C15H18N6OS. The first-order chi connectivity index (χ1) is 11.2. The first-order valence-electron chi connectivity index (χ1n) is 7.34. The highest BCUT2D eigenvalue weighted by Crippen LogP contribution is 2.08. The van der Waals surface area contributed by atoms with Crippen LogP contribution in [0, 0.1) is 0 Å². The fraction of sp³-hybridized carbons (Fsp3) is 0.267. The molecule has 3 aromatic rings. The van der Waals surface area contributed by atoms with E-state index in [-0.39, 0.29) is 0 Å². The quantitative estimate of drug-likeness (QED) is 0.675. The molecule has 3 rings (SSSR count). The van der Waals surface area contributed by atoms with E-state index in [1.165, 1.54) is 0 Å². The number of nitrogens with zero attached hydrogens (tertiary/aromatic N) is 4. The van der Waals surface area contributed by atoms with Gasteiger partial charge >= 0.3 is 0 Å². The molecule has 23 heavy (non-hydrogen) atoms. The van der Waals surface area contributed by atoms with Crippen molar-refractivity contribution >= 4 is 23.0 Å². The maximum absolute atomic E-state index is 5.25. The van der Waals surface area contributed by atoms with E-state index in [1.54, 1.807) is 12.5 Å². The summed E-state index contributed by atoms with van der Waals surface area (Å²) < 4.78 is 8.98. The topological polar surface area (TPSA) is 72.8 Å². The van der Waals surface area contributed by atoms with Crippen LogP contribution in [0.4, 0.5) is 5.69 Å². The first-order valence-corrected chi connectivity index (χ1v) is 7.75. The average molecular weight is 330 g/mol.